The van der Waals surface area contributed by atoms with E-state index >= 15 is 0 Å². The Morgan fingerprint density at radius 1 is 1.46 bits per heavy atom. The Bertz CT molecular complexity index is 210. The van der Waals surface area contributed by atoms with Crippen molar-refractivity contribution >= 4 is 11.8 Å². The van der Waals surface area contributed by atoms with E-state index in [4.69, 9.17) is 21.3 Å². The van der Waals surface area contributed by atoms with Gasteiger partial charge >= 0.3 is 0 Å². The minimum Gasteiger partial charge on any atom is -0.343 e. The van der Waals surface area contributed by atoms with E-state index in [9.17, 15) is 0 Å². The summed E-state index contributed by atoms with van der Waals surface area (Å²) in [5.41, 5.74) is 0. The van der Waals surface area contributed by atoms with Gasteiger partial charge in [0.15, 0.2) is 5.79 Å². The van der Waals surface area contributed by atoms with Gasteiger partial charge < -0.3 is 9.47 Å². The van der Waals surface area contributed by atoms with Crippen molar-refractivity contribution in [1.29, 1.82) is 0 Å². The van der Waals surface area contributed by atoms with E-state index in [1.54, 1.807) is 0 Å². The molecule has 2 rings (SSSR count). The lowest BCUT2D eigenvalue weighted by molar-refractivity contribution is -0.157. The molecule has 0 N–H and O–H groups in total. The Balaban J connectivity index is 2.10. The van der Waals surface area contributed by atoms with E-state index in [0.717, 1.165) is 13.0 Å². The van der Waals surface area contributed by atoms with E-state index < -0.39 is 5.79 Å². The summed E-state index contributed by atoms with van der Waals surface area (Å²) in [4.78, 5) is 0. The normalized spacial score (nSPS) is 43.8. The highest BCUT2D eigenvalue weighted by Gasteiger charge is 2.51. The first-order chi connectivity index (χ1) is 6.03. The molecule has 3 nitrogen and oxygen atoms in total. The predicted octanol–water partition coefficient (Wildman–Crippen LogP) is 1.75. The Morgan fingerprint density at radius 2 is 2.15 bits per heavy atom. The zero-order valence-corrected chi connectivity index (χ0v) is 9.04. The van der Waals surface area contributed by atoms with Gasteiger partial charge in [0.05, 0.1) is 6.04 Å². The van der Waals surface area contributed by atoms with Gasteiger partial charge in [-0.2, -0.15) is 0 Å². The van der Waals surface area contributed by atoms with Crippen molar-refractivity contribution in [3.63, 3.8) is 0 Å². The topological polar surface area (TPSA) is 21.7 Å². The molecule has 0 aliphatic carbocycles. The van der Waals surface area contributed by atoms with E-state index in [0.29, 0.717) is 6.04 Å². The monoisotopic (exact) mass is 205 g/mol. The number of rotatable bonds is 1. The number of nitrogens with zero attached hydrogens (tertiary/aromatic N) is 1. The molecule has 0 radical (unpaired) electrons. The van der Waals surface area contributed by atoms with Crippen LogP contribution >= 0.6 is 11.8 Å². The minimum absolute atomic E-state index is 0.150. The van der Waals surface area contributed by atoms with Crippen LogP contribution in [0, 0.1) is 0 Å². The smallest absolute Gasteiger partial charge is 0.163 e. The van der Waals surface area contributed by atoms with Crippen LogP contribution in [-0.4, -0.2) is 35.0 Å². The van der Waals surface area contributed by atoms with Crippen molar-refractivity contribution < 1.29 is 9.47 Å². The maximum atomic E-state index is 6.05. The largest absolute Gasteiger partial charge is 0.343 e. The SMILES string of the molecule is CC[C@@H]1[C@@H]2OC(C)(C)OC2CN1Cl. The third-order valence-electron chi connectivity index (χ3n) is 2.73. The van der Waals surface area contributed by atoms with Crippen LogP contribution in [0.1, 0.15) is 27.2 Å². The Kier molecular flexibility index (Phi) is 2.31. The van der Waals surface area contributed by atoms with Crippen LogP contribution in [-0.2, 0) is 9.47 Å². The standard InChI is InChI=1S/C9H16ClNO2/c1-4-6-8-7(5-11(6)10)12-9(2,3)13-8/h6-8H,4-5H2,1-3H3/t6-,7?,8+/m1/s1. The second-order valence-corrected chi connectivity index (χ2v) is 4.63. The molecule has 0 aromatic carbocycles. The molecular weight excluding hydrogens is 190 g/mol. The summed E-state index contributed by atoms with van der Waals surface area (Å²) >= 11 is 6.05. The lowest BCUT2D eigenvalue weighted by Crippen LogP contribution is -2.33. The molecule has 0 aromatic heterocycles. The van der Waals surface area contributed by atoms with E-state index in [1.165, 1.54) is 0 Å². The molecule has 13 heavy (non-hydrogen) atoms. The zero-order valence-electron chi connectivity index (χ0n) is 8.29. The van der Waals surface area contributed by atoms with E-state index in [1.807, 2.05) is 18.3 Å². The van der Waals surface area contributed by atoms with Gasteiger partial charge in [-0.1, -0.05) is 6.92 Å². The van der Waals surface area contributed by atoms with Crippen LogP contribution in [0.5, 0.6) is 0 Å². The van der Waals surface area contributed by atoms with Crippen molar-refractivity contribution in [2.24, 2.45) is 0 Å². The van der Waals surface area contributed by atoms with Crippen molar-refractivity contribution in [2.45, 2.75) is 51.2 Å². The summed E-state index contributed by atoms with van der Waals surface area (Å²) in [6.07, 6.45) is 1.30. The summed E-state index contributed by atoms with van der Waals surface area (Å²) in [5, 5.41) is 0. The predicted molar refractivity (Wildman–Crippen MR) is 50.5 cm³/mol. The van der Waals surface area contributed by atoms with Crippen molar-refractivity contribution in [3.05, 3.63) is 0 Å². The molecule has 0 saturated carbocycles. The molecule has 2 heterocycles. The second kappa shape index (κ2) is 3.09. The molecule has 2 fully saturated rings. The summed E-state index contributed by atoms with van der Waals surface area (Å²) in [7, 11) is 0. The average Bonchev–Trinajstić information content (AvgIpc) is 2.39. The van der Waals surface area contributed by atoms with Gasteiger partial charge in [-0.15, -0.1) is 0 Å². The van der Waals surface area contributed by atoms with Crippen LogP contribution < -0.4 is 0 Å². The molecule has 76 valence electrons. The highest BCUT2D eigenvalue weighted by Crippen LogP contribution is 2.38. The summed E-state index contributed by atoms with van der Waals surface area (Å²) < 4.78 is 13.3. The fourth-order valence-electron chi connectivity index (χ4n) is 2.23. The fraction of sp³-hybridized carbons (Fsp3) is 1.00. The summed E-state index contributed by atoms with van der Waals surface area (Å²) in [6, 6.07) is 0.299. The molecule has 2 aliphatic heterocycles. The molecule has 0 spiro atoms. The van der Waals surface area contributed by atoms with Crippen molar-refractivity contribution in [3.8, 4) is 0 Å². The summed E-state index contributed by atoms with van der Waals surface area (Å²) in [5.74, 6) is -0.430. The van der Waals surface area contributed by atoms with Gasteiger partial charge in [-0.3, -0.25) is 0 Å². The Morgan fingerprint density at radius 3 is 2.77 bits per heavy atom. The Hall–Kier alpha value is 0.170. The summed E-state index contributed by atoms with van der Waals surface area (Å²) in [6.45, 7) is 6.80. The quantitative estimate of drug-likeness (QED) is 0.609. The van der Waals surface area contributed by atoms with Gasteiger partial charge in [-0.25, -0.2) is 4.42 Å². The lowest BCUT2D eigenvalue weighted by atomic mass is 10.1. The lowest BCUT2D eigenvalue weighted by Gasteiger charge is -2.24. The third-order valence-corrected chi connectivity index (χ3v) is 3.12. The maximum absolute atomic E-state index is 6.05. The highest BCUT2D eigenvalue weighted by atomic mass is 35.5. The zero-order chi connectivity index (χ0) is 9.64. The minimum atomic E-state index is -0.430. The van der Waals surface area contributed by atoms with Gasteiger partial charge in [0.2, 0.25) is 0 Å². The van der Waals surface area contributed by atoms with Crippen molar-refractivity contribution in [2.75, 3.05) is 6.54 Å². The fourth-order valence-corrected chi connectivity index (χ4v) is 2.61. The molecule has 0 bridgehead atoms. The molecule has 2 saturated heterocycles. The van der Waals surface area contributed by atoms with Crippen LogP contribution in [0.25, 0.3) is 0 Å². The first kappa shape index (κ1) is 9.71. The van der Waals surface area contributed by atoms with Crippen molar-refractivity contribution in [1.82, 2.24) is 4.42 Å². The second-order valence-electron chi connectivity index (χ2n) is 4.20. The molecule has 1 unspecified atom stereocenters. The average molecular weight is 206 g/mol. The molecular formula is C9H16ClNO2. The maximum Gasteiger partial charge on any atom is 0.163 e. The third kappa shape index (κ3) is 1.59. The molecule has 4 heteroatoms. The van der Waals surface area contributed by atoms with Gasteiger partial charge in [0, 0.05) is 6.54 Å². The molecule has 2 aliphatic rings. The number of hydrogen-bond acceptors (Lipinski definition) is 3. The van der Waals surface area contributed by atoms with Gasteiger partial charge in [-0.05, 0) is 32.0 Å². The van der Waals surface area contributed by atoms with Crippen LogP contribution in [0.2, 0.25) is 0 Å². The number of halogens is 1. The molecule has 0 amide bonds. The number of hydrogen-bond donors (Lipinski definition) is 0. The van der Waals surface area contributed by atoms with Crippen LogP contribution in [0.4, 0.5) is 0 Å². The first-order valence-corrected chi connectivity index (χ1v) is 5.15. The van der Waals surface area contributed by atoms with Gasteiger partial charge in [0.1, 0.15) is 12.2 Å². The molecule has 0 aromatic rings. The highest BCUT2D eigenvalue weighted by molar-refractivity contribution is 6.13. The first-order valence-electron chi connectivity index (χ1n) is 4.81. The van der Waals surface area contributed by atoms with Crippen LogP contribution in [0.15, 0.2) is 0 Å². The Labute approximate surface area is 84.0 Å². The van der Waals surface area contributed by atoms with Crippen LogP contribution in [0.3, 0.4) is 0 Å². The number of ether oxygens (including phenoxy) is 2. The molecule has 3 atom stereocenters. The van der Waals surface area contributed by atoms with Gasteiger partial charge in [0.25, 0.3) is 0 Å². The van der Waals surface area contributed by atoms with E-state index in [-0.39, 0.29) is 12.2 Å². The number of fused-ring (bicyclic) bond motifs is 1. The van der Waals surface area contributed by atoms with E-state index in [2.05, 4.69) is 6.92 Å².